The molecule has 0 aromatic carbocycles. The fraction of sp³-hybridized carbons (Fsp3) is 0.781. The highest BCUT2D eigenvalue weighted by Gasteiger charge is 2.50. The van der Waals surface area contributed by atoms with Gasteiger partial charge in [-0.15, -0.1) is 0 Å². The molecule has 0 radical (unpaired) electrons. The van der Waals surface area contributed by atoms with E-state index >= 15 is 0 Å². The summed E-state index contributed by atoms with van der Waals surface area (Å²) >= 11 is 0. The Kier molecular flexibility index (Phi) is 56.3. The lowest BCUT2D eigenvalue weighted by Crippen LogP contribution is -2.61. The summed E-state index contributed by atoms with van der Waals surface area (Å²) in [5.41, 5.74) is 0. The average molecular weight is 1200 g/mol. The maximum absolute atomic E-state index is 13.2. The topological polar surface area (TPSA) is 175 Å². The van der Waals surface area contributed by atoms with Gasteiger partial charge in [-0.25, -0.2) is 4.79 Å². The number of carbonyl (C=O) groups is 4. The van der Waals surface area contributed by atoms with Crippen LogP contribution in [0.25, 0.3) is 0 Å². The minimum absolute atomic E-state index is 0.0444. The summed E-state index contributed by atoms with van der Waals surface area (Å²) in [6.07, 6.45) is 65.6. The van der Waals surface area contributed by atoms with Gasteiger partial charge < -0.3 is 39.0 Å². The molecule has 0 aromatic rings. The number of aliphatic hydroxyl groups is 2. The van der Waals surface area contributed by atoms with Crippen LogP contribution in [0, 0.1) is 0 Å². The van der Waals surface area contributed by atoms with E-state index in [9.17, 15) is 34.5 Å². The molecular weight excluding hydrogens is 1070 g/mol. The van der Waals surface area contributed by atoms with Gasteiger partial charge in [0.25, 0.3) is 0 Å². The van der Waals surface area contributed by atoms with E-state index < -0.39 is 67.3 Å². The number of carboxylic acid groups (broad SMARTS) is 1. The summed E-state index contributed by atoms with van der Waals surface area (Å²) < 4.78 is 28.6. The molecule has 1 heterocycles. The molecule has 1 saturated heterocycles. The number of hydrogen-bond donors (Lipinski definition) is 3. The predicted octanol–water partition coefficient (Wildman–Crippen LogP) is 19.2. The average Bonchev–Trinajstić information content (AvgIpc) is 2.79. The molecule has 1 rings (SSSR count). The molecule has 490 valence electrons. The molecule has 6 atom stereocenters. The highest BCUT2D eigenvalue weighted by atomic mass is 16.7. The summed E-state index contributed by atoms with van der Waals surface area (Å²) in [6, 6.07) is 0. The number of unbranched alkanes of at least 4 members (excludes halogenated alkanes) is 34. The van der Waals surface area contributed by atoms with Gasteiger partial charge in [-0.05, 0) is 116 Å². The number of aliphatic hydroxyl groups excluding tert-OH is 2. The first-order valence-corrected chi connectivity index (χ1v) is 34.9. The van der Waals surface area contributed by atoms with Crippen molar-refractivity contribution in [2.24, 2.45) is 0 Å². The Labute approximate surface area is 518 Å². The number of ether oxygens (including phenoxy) is 5. The van der Waals surface area contributed by atoms with Gasteiger partial charge in [0, 0.05) is 19.3 Å². The van der Waals surface area contributed by atoms with E-state index in [1.165, 1.54) is 141 Å². The van der Waals surface area contributed by atoms with E-state index in [1.807, 2.05) is 0 Å². The van der Waals surface area contributed by atoms with Crippen LogP contribution in [-0.2, 0) is 42.9 Å². The van der Waals surface area contributed by atoms with E-state index in [4.69, 9.17) is 23.7 Å². The minimum Gasteiger partial charge on any atom is -0.479 e. The standard InChI is InChI=1S/C73H126O12/c1-4-7-10-13-16-19-22-25-28-31-33-36-38-41-44-47-50-53-56-59-65(74)81-62-64(83-66(75)60-57-54-51-48-45-42-39-35-30-27-24-21-18-15-12-9-6-3)63-82-73-71(69(78)68(77)70(85-73)72(79)80)84-67(76)61-58-55-52-49-46-43-40-37-34-32-29-26-23-20-17-14-11-8-5-2/h16-17,19-20,25-30,34,37,64,68-71,73,77-78H,4-15,18,21-24,31-33,35-36,38-63H2,1-3H3,(H,79,80)/b19-16-,20-17-,28-25-,29-26-,30-27-,37-34-. The number of esters is 3. The second kappa shape index (κ2) is 60.4. The van der Waals surface area contributed by atoms with Gasteiger partial charge in [0.2, 0.25) is 0 Å². The van der Waals surface area contributed by atoms with Gasteiger partial charge >= 0.3 is 23.9 Å². The van der Waals surface area contributed by atoms with Crippen LogP contribution in [0.15, 0.2) is 72.9 Å². The predicted molar refractivity (Wildman–Crippen MR) is 349 cm³/mol. The SMILES string of the molecule is CCCCC/C=C\C/C=C\C/C=C\CCCCCCCCC(=O)OC1C(OCC(COC(=O)CCCCCCCCCCC/C=C\C/C=C\CCCCC)OC(=O)CCCCCCCCC/C=C\CCCCCCCC)OC(C(=O)O)C(O)C1O. The molecule has 1 fully saturated rings. The van der Waals surface area contributed by atoms with Crippen LogP contribution in [0.3, 0.4) is 0 Å². The van der Waals surface area contributed by atoms with Crippen LogP contribution in [0.4, 0.5) is 0 Å². The maximum Gasteiger partial charge on any atom is 0.335 e. The zero-order valence-electron chi connectivity index (χ0n) is 54.3. The fourth-order valence-electron chi connectivity index (χ4n) is 10.3. The molecule has 85 heavy (non-hydrogen) atoms. The molecule has 12 nitrogen and oxygen atoms in total. The summed E-state index contributed by atoms with van der Waals surface area (Å²) in [5, 5.41) is 31.7. The molecule has 6 unspecified atom stereocenters. The zero-order valence-corrected chi connectivity index (χ0v) is 54.3. The Bertz CT molecular complexity index is 1750. The fourth-order valence-corrected chi connectivity index (χ4v) is 10.3. The molecule has 0 amide bonds. The van der Waals surface area contributed by atoms with Crippen LogP contribution < -0.4 is 0 Å². The van der Waals surface area contributed by atoms with E-state index in [1.54, 1.807) is 0 Å². The van der Waals surface area contributed by atoms with Crippen molar-refractivity contribution in [1.82, 2.24) is 0 Å². The van der Waals surface area contributed by atoms with Gasteiger partial charge in [-0.1, -0.05) is 254 Å². The summed E-state index contributed by atoms with van der Waals surface area (Å²) in [7, 11) is 0. The number of aliphatic carboxylic acids is 1. The van der Waals surface area contributed by atoms with Crippen LogP contribution >= 0.6 is 0 Å². The quantitative estimate of drug-likeness (QED) is 0.0228. The Morgan fingerprint density at radius 2 is 0.706 bits per heavy atom. The highest BCUT2D eigenvalue weighted by molar-refractivity contribution is 5.74. The first-order chi connectivity index (χ1) is 41.6. The normalized spacial score (nSPS) is 17.9. The Morgan fingerprint density at radius 3 is 1.11 bits per heavy atom. The monoisotopic (exact) mass is 1190 g/mol. The number of carboxylic acids is 1. The summed E-state index contributed by atoms with van der Waals surface area (Å²) in [6.45, 7) is 5.97. The Hall–Kier alpha value is -3.84. The van der Waals surface area contributed by atoms with Crippen molar-refractivity contribution in [2.45, 2.75) is 353 Å². The van der Waals surface area contributed by atoms with Gasteiger partial charge in [-0.3, -0.25) is 14.4 Å². The van der Waals surface area contributed by atoms with E-state index in [-0.39, 0.29) is 25.9 Å². The lowest BCUT2D eigenvalue weighted by Gasteiger charge is -2.40. The van der Waals surface area contributed by atoms with Crippen molar-refractivity contribution >= 4 is 23.9 Å². The smallest absolute Gasteiger partial charge is 0.335 e. The molecule has 1 aliphatic heterocycles. The molecule has 0 bridgehead atoms. The van der Waals surface area contributed by atoms with Crippen molar-refractivity contribution in [1.29, 1.82) is 0 Å². The minimum atomic E-state index is -1.91. The van der Waals surface area contributed by atoms with Crippen LogP contribution in [-0.4, -0.2) is 89.2 Å². The molecule has 0 aromatic heterocycles. The van der Waals surface area contributed by atoms with Gasteiger partial charge in [-0.2, -0.15) is 0 Å². The van der Waals surface area contributed by atoms with Crippen molar-refractivity contribution in [3.8, 4) is 0 Å². The second-order valence-corrected chi connectivity index (χ2v) is 23.8. The number of carbonyl (C=O) groups excluding carboxylic acids is 3. The summed E-state index contributed by atoms with van der Waals surface area (Å²) in [4.78, 5) is 51.5. The Balaban J connectivity index is 2.65. The van der Waals surface area contributed by atoms with Crippen molar-refractivity contribution < 1.29 is 58.2 Å². The molecule has 0 spiro atoms. The molecular formula is C73H126O12. The maximum atomic E-state index is 13.2. The lowest BCUT2D eigenvalue weighted by atomic mass is 9.98. The number of hydrogen-bond acceptors (Lipinski definition) is 11. The highest BCUT2D eigenvalue weighted by Crippen LogP contribution is 2.27. The first kappa shape index (κ1) is 79.2. The third-order valence-electron chi connectivity index (χ3n) is 15.7. The first-order valence-electron chi connectivity index (χ1n) is 34.9. The summed E-state index contributed by atoms with van der Waals surface area (Å²) in [5.74, 6) is -3.13. The van der Waals surface area contributed by atoms with E-state index in [2.05, 4.69) is 93.7 Å². The molecule has 0 saturated carbocycles. The number of rotatable bonds is 60. The molecule has 3 N–H and O–H groups in total. The van der Waals surface area contributed by atoms with Crippen LogP contribution in [0.2, 0.25) is 0 Å². The third-order valence-corrected chi connectivity index (χ3v) is 15.7. The van der Waals surface area contributed by atoms with Crippen LogP contribution in [0.5, 0.6) is 0 Å². The van der Waals surface area contributed by atoms with Gasteiger partial charge in [0.1, 0.15) is 18.8 Å². The van der Waals surface area contributed by atoms with Crippen molar-refractivity contribution in [2.75, 3.05) is 13.2 Å². The second-order valence-electron chi connectivity index (χ2n) is 23.8. The van der Waals surface area contributed by atoms with Crippen LogP contribution in [0.1, 0.15) is 316 Å². The zero-order chi connectivity index (χ0) is 61.7. The van der Waals surface area contributed by atoms with Crippen molar-refractivity contribution in [3.05, 3.63) is 72.9 Å². The third kappa shape index (κ3) is 49.8. The number of allylic oxidation sites excluding steroid dienone is 12. The Morgan fingerprint density at radius 1 is 0.388 bits per heavy atom. The lowest BCUT2D eigenvalue weighted by molar-refractivity contribution is -0.301. The molecule has 1 aliphatic rings. The molecule has 0 aliphatic carbocycles. The molecule has 12 heteroatoms. The largest absolute Gasteiger partial charge is 0.479 e. The van der Waals surface area contributed by atoms with E-state index in [0.29, 0.717) is 19.3 Å². The van der Waals surface area contributed by atoms with Gasteiger partial charge in [0.05, 0.1) is 6.61 Å². The van der Waals surface area contributed by atoms with E-state index in [0.717, 1.165) is 116 Å². The van der Waals surface area contributed by atoms with Gasteiger partial charge in [0.15, 0.2) is 24.6 Å². The van der Waals surface area contributed by atoms with Crippen molar-refractivity contribution in [3.63, 3.8) is 0 Å².